The molecule has 0 saturated heterocycles. The van der Waals surface area contributed by atoms with Gasteiger partial charge in [0.1, 0.15) is 23.9 Å². The van der Waals surface area contributed by atoms with Crippen molar-refractivity contribution in [2.75, 3.05) is 5.32 Å². The summed E-state index contributed by atoms with van der Waals surface area (Å²) < 4.78 is 0. The van der Waals surface area contributed by atoms with E-state index in [4.69, 9.17) is 0 Å². The van der Waals surface area contributed by atoms with E-state index in [1.54, 1.807) is 6.20 Å². The van der Waals surface area contributed by atoms with Gasteiger partial charge in [0.2, 0.25) is 0 Å². The van der Waals surface area contributed by atoms with Crippen LogP contribution in [-0.2, 0) is 19.4 Å². The van der Waals surface area contributed by atoms with E-state index >= 15 is 0 Å². The lowest BCUT2D eigenvalue weighted by Gasteiger charge is -2.21. The summed E-state index contributed by atoms with van der Waals surface area (Å²) in [5.41, 5.74) is 5.62. The summed E-state index contributed by atoms with van der Waals surface area (Å²) in [6.07, 6.45) is 6.26. The molecule has 2 aromatic rings. The number of H-pyrrole nitrogens is 1. The second-order valence-electron chi connectivity index (χ2n) is 6.39. The van der Waals surface area contributed by atoms with Gasteiger partial charge < -0.3 is 0 Å². The molecule has 118 valence electrons. The van der Waals surface area contributed by atoms with Gasteiger partial charge in [-0.2, -0.15) is 5.26 Å². The molecule has 0 atom stereocenters. The minimum absolute atomic E-state index is 0.421. The fourth-order valence-corrected chi connectivity index (χ4v) is 3.33. The number of nitrogens with zero attached hydrogens (tertiary/aromatic N) is 2. The molecule has 0 radical (unpaired) electrons. The number of pyridine rings is 2. The fourth-order valence-electron chi connectivity index (χ4n) is 3.33. The maximum Gasteiger partial charge on any atom is 0.291 e. The first-order valence-corrected chi connectivity index (χ1v) is 8.35. The van der Waals surface area contributed by atoms with Crippen LogP contribution in [0, 0.1) is 11.3 Å². The summed E-state index contributed by atoms with van der Waals surface area (Å²) in [5, 5.41) is 13.1. The molecule has 0 amide bonds. The van der Waals surface area contributed by atoms with Crippen LogP contribution in [0.1, 0.15) is 60.7 Å². The molecule has 4 heteroatoms. The number of rotatable bonds is 4. The molecule has 0 aliphatic heterocycles. The van der Waals surface area contributed by atoms with Gasteiger partial charge in [0.15, 0.2) is 0 Å². The predicted octanol–water partition coefficient (Wildman–Crippen LogP) is 3.38. The van der Waals surface area contributed by atoms with Crippen molar-refractivity contribution in [3.63, 3.8) is 0 Å². The van der Waals surface area contributed by atoms with Crippen molar-refractivity contribution in [3.8, 4) is 6.07 Å². The Balaban J connectivity index is 1.98. The number of hydrogen-bond acceptors (Lipinski definition) is 3. The molecule has 0 spiro atoms. The number of aromatic nitrogens is 2. The maximum absolute atomic E-state index is 9.68. The minimum atomic E-state index is 0.421. The van der Waals surface area contributed by atoms with E-state index in [0.29, 0.717) is 12.5 Å². The third kappa shape index (κ3) is 3.19. The van der Waals surface area contributed by atoms with Crippen molar-refractivity contribution < 1.29 is 4.98 Å². The second kappa shape index (κ2) is 6.78. The van der Waals surface area contributed by atoms with Crippen LogP contribution in [-0.4, -0.2) is 4.98 Å². The highest BCUT2D eigenvalue weighted by molar-refractivity contribution is 5.56. The molecule has 1 aliphatic carbocycles. The van der Waals surface area contributed by atoms with Crippen LogP contribution >= 0.6 is 0 Å². The van der Waals surface area contributed by atoms with E-state index in [-0.39, 0.29) is 0 Å². The van der Waals surface area contributed by atoms with Crippen molar-refractivity contribution in [1.82, 2.24) is 4.98 Å². The lowest BCUT2D eigenvalue weighted by atomic mass is 9.85. The normalized spacial score (nSPS) is 13.5. The van der Waals surface area contributed by atoms with Gasteiger partial charge in [-0.05, 0) is 48.9 Å². The molecule has 2 N–H and O–H groups in total. The quantitative estimate of drug-likeness (QED) is 0.942. The van der Waals surface area contributed by atoms with Crippen molar-refractivity contribution in [2.45, 2.75) is 52.0 Å². The number of hydrogen-bond donors (Lipinski definition) is 1. The Morgan fingerprint density at radius 1 is 1.26 bits per heavy atom. The van der Waals surface area contributed by atoms with Gasteiger partial charge in [0.05, 0.1) is 5.69 Å². The Hall–Kier alpha value is -2.41. The molecule has 4 nitrogen and oxygen atoms in total. The lowest BCUT2D eigenvalue weighted by molar-refractivity contribution is -0.377. The monoisotopic (exact) mass is 307 g/mol. The van der Waals surface area contributed by atoms with Crippen LogP contribution in [0.15, 0.2) is 24.4 Å². The summed E-state index contributed by atoms with van der Waals surface area (Å²) in [4.78, 5) is 7.84. The first-order valence-electron chi connectivity index (χ1n) is 8.35. The molecule has 0 saturated carbocycles. The Morgan fingerprint density at radius 3 is 2.70 bits per heavy atom. The highest BCUT2D eigenvalue weighted by Gasteiger charge is 2.26. The van der Waals surface area contributed by atoms with Crippen molar-refractivity contribution in [2.24, 2.45) is 0 Å². The molecule has 0 fully saturated rings. The SMILES string of the molecule is CC(C)c1[nH+]c(NCc2ccccn2)c(C#N)c2c1CCCC2. The molecule has 0 unspecified atom stereocenters. The van der Waals surface area contributed by atoms with Gasteiger partial charge in [-0.25, -0.2) is 4.98 Å². The average Bonchev–Trinajstić information content (AvgIpc) is 2.59. The van der Waals surface area contributed by atoms with Gasteiger partial charge in [0.25, 0.3) is 5.82 Å². The van der Waals surface area contributed by atoms with Gasteiger partial charge in [-0.15, -0.1) is 0 Å². The third-order valence-corrected chi connectivity index (χ3v) is 4.47. The largest absolute Gasteiger partial charge is 0.291 e. The van der Waals surface area contributed by atoms with Crippen molar-refractivity contribution in [1.29, 1.82) is 5.26 Å². The fraction of sp³-hybridized carbons (Fsp3) is 0.421. The van der Waals surface area contributed by atoms with Crippen LogP contribution in [0.25, 0.3) is 0 Å². The summed E-state index contributed by atoms with van der Waals surface area (Å²) in [6.45, 7) is 5.02. The van der Waals surface area contributed by atoms with E-state index in [0.717, 1.165) is 29.9 Å². The second-order valence-corrected chi connectivity index (χ2v) is 6.39. The van der Waals surface area contributed by atoms with E-state index in [1.807, 2.05) is 18.2 Å². The molecule has 0 bridgehead atoms. The first-order chi connectivity index (χ1) is 11.2. The zero-order valence-electron chi connectivity index (χ0n) is 13.8. The van der Waals surface area contributed by atoms with Gasteiger partial charge >= 0.3 is 0 Å². The molecule has 1 aliphatic rings. The van der Waals surface area contributed by atoms with Crippen molar-refractivity contribution in [3.05, 3.63) is 52.5 Å². The smallest absolute Gasteiger partial charge is 0.268 e. The standard InChI is InChI=1S/C19H22N4/c1-13(2)18-16-9-4-3-8-15(16)17(11-20)19(23-18)22-12-14-7-5-6-10-21-14/h5-7,10,13H,3-4,8-9,12H2,1-2H3,(H,22,23)/p+1. The first kappa shape index (κ1) is 15.5. The van der Waals surface area contributed by atoms with E-state index in [9.17, 15) is 5.26 Å². The highest BCUT2D eigenvalue weighted by Crippen LogP contribution is 2.31. The summed E-state index contributed by atoms with van der Waals surface area (Å²) in [6, 6.07) is 8.29. The van der Waals surface area contributed by atoms with Gasteiger partial charge in [-0.1, -0.05) is 19.9 Å². The molecule has 2 heterocycles. The molecule has 0 aromatic carbocycles. The summed E-state index contributed by atoms with van der Waals surface area (Å²) in [5.74, 6) is 1.26. The van der Waals surface area contributed by atoms with Crippen molar-refractivity contribution >= 4 is 5.82 Å². The van der Waals surface area contributed by atoms with Crippen LogP contribution in [0.2, 0.25) is 0 Å². The van der Waals surface area contributed by atoms with Gasteiger partial charge in [-0.3, -0.25) is 10.3 Å². The third-order valence-electron chi connectivity index (χ3n) is 4.47. The molecular weight excluding hydrogens is 284 g/mol. The Labute approximate surface area is 137 Å². The minimum Gasteiger partial charge on any atom is -0.268 e. The summed E-state index contributed by atoms with van der Waals surface area (Å²) >= 11 is 0. The summed E-state index contributed by atoms with van der Waals surface area (Å²) in [7, 11) is 0. The Bertz CT molecular complexity index is 729. The maximum atomic E-state index is 9.68. The number of nitriles is 1. The molecule has 3 rings (SSSR count). The Morgan fingerprint density at radius 2 is 2.04 bits per heavy atom. The zero-order chi connectivity index (χ0) is 16.2. The molecular formula is C19H23N4+. The number of anilines is 1. The predicted molar refractivity (Wildman–Crippen MR) is 90.0 cm³/mol. The van der Waals surface area contributed by atoms with Crippen LogP contribution in [0.5, 0.6) is 0 Å². The van der Waals surface area contributed by atoms with Crippen LogP contribution in [0.3, 0.4) is 0 Å². The highest BCUT2D eigenvalue weighted by atomic mass is 15.0. The number of fused-ring (bicyclic) bond motifs is 1. The molecule has 2 aromatic heterocycles. The average molecular weight is 307 g/mol. The lowest BCUT2D eigenvalue weighted by Crippen LogP contribution is -2.26. The van der Waals surface area contributed by atoms with E-state index in [1.165, 1.54) is 29.7 Å². The van der Waals surface area contributed by atoms with Crippen LogP contribution < -0.4 is 10.3 Å². The van der Waals surface area contributed by atoms with E-state index < -0.39 is 0 Å². The van der Waals surface area contributed by atoms with E-state index in [2.05, 4.69) is 35.2 Å². The zero-order valence-corrected chi connectivity index (χ0v) is 13.8. The van der Waals surface area contributed by atoms with Crippen LogP contribution in [0.4, 0.5) is 5.82 Å². The Kier molecular flexibility index (Phi) is 4.57. The molecule has 23 heavy (non-hydrogen) atoms. The van der Waals surface area contributed by atoms with Gasteiger partial charge in [0, 0.05) is 12.1 Å². The number of nitrogens with one attached hydrogen (secondary N) is 2. The topological polar surface area (TPSA) is 62.9 Å². The number of aromatic amines is 1.